The molecule has 0 radical (unpaired) electrons. The van der Waals surface area contributed by atoms with Crippen LogP contribution in [0.3, 0.4) is 0 Å². The summed E-state index contributed by atoms with van der Waals surface area (Å²) in [5.74, 6) is 2.45. The Kier molecular flexibility index (Phi) is 3.20. The maximum atomic E-state index is 5.58. The Morgan fingerprint density at radius 1 is 1.33 bits per heavy atom. The molecule has 1 fully saturated rings. The van der Waals surface area contributed by atoms with E-state index in [9.17, 15) is 0 Å². The Morgan fingerprint density at radius 2 is 2.33 bits per heavy atom. The highest BCUT2D eigenvalue weighted by atomic mass is 16.3. The first kappa shape index (κ1) is 12.6. The fourth-order valence-electron chi connectivity index (χ4n) is 3.08. The van der Waals surface area contributed by atoms with Crippen LogP contribution < -0.4 is 5.32 Å². The predicted molar refractivity (Wildman–Crippen MR) is 80.4 cm³/mol. The van der Waals surface area contributed by atoms with Crippen LogP contribution >= 0.6 is 0 Å². The molecule has 21 heavy (non-hydrogen) atoms. The third-order valence-electron chi connectivity index (χ3n) is 4.08. The number of pyridine rings is 1. The predicted octanol–water partition coefficient (Wildman–Crippen LogP) is 2.56. The van der Waals surface area contributed by atoms with Crippen molar-refractivity contribution in [2.24, 2.45) is 5.92 Å². The molecule has 3 aromatic rings. The van der Waals surface area contributed by atoms with Crippen molar-refractivity contribution in [2.45, 2.75) is 19.3 Å². The fourth-order valence-corrected chi connectivity index (χ4v) is 3.08. The number of nitrogens with one attached hydrogen (secondary N) is 1. The molecule has 5 nitrogen and oxygen atoms in total. The maximum Gasteiger partial charge on any atom is 0.206 e. The van der Waals surface area contributed by atoms with Gasteiger partial charge in [0.2, 0.25) is 5.88 Å². The SMILES string of the molecule is c1coc(-n2c(CC3CCCNC3)nc3cccnc32)c1. The molecule has 0 saturated carbocycles. The van der Waals surface area contributed by atoms with Gasteiger partial charge in [-0.25, -0.2) is 14.5 Å². The number of nitrogens with zero attached hydrogens (tertiary/aromatic N) is 3. The van der Waals surface area contributed by atoms with E-state index in [0.29, 0.717) is 5.92 Å². The van der Waals surface area contributed by atoms with Gasteiger partial charge in [-0.3, -0.25) is 0 Å². The third-order valence-corrected chi connectivity index (χ3v) is 4.08. The topological polar surface area (TPSA) is 55.9 Å². The molecule has 0 spiro atoms. The minimum absolute atomic E-state index is 0.629. The Labute approximate surface area is 123 Å². The average Bonchev–Trinajstić information content (AvgIpc) is 3.14. The van der Waals surface area contributed by atoms with Gasteiger partial charge in [0.25, 0.3) is 0 Å². The van der Waals surface area contributed by atoms with Crippen molar-refractivity contribution < 1.29 is 4.42 Å². The van der Waals surface area contributed by atoms with E-state index in [1.54, 1.807) is 12.5 Å². The smallest absolute Gasteiger partial charge is 0.206 e. The van der Waals surface area contributed by atoms with E-state index in [4.69, 9.17) is 9.40 Å². The van der Waals surface area contributed by atoms with E-state index in [1.807, 2.05) is 28.8 Å². The Bertz CT molecular complexity index is 726. The molecule has 0 amide bonds. The van der Waals surface area contributed by atoms with Gasteiger partial charge in [-0.15, -0.1) is 0 Å². The zero-order chi connectivity index (χ0) is 14.1. The summed E-state index contributed by atoms with van der Waals surface area (Å²) in [7, 11) is 0. The number of imidazole rings is 1. The van der Waals surface area contributed by atoms with E-state index in [0.717, 1.165) is 42.4 Å². The average molecular weight is 282 g/mol. The quantitative estimate of drug-likeness (QED) is 0.802. The standard InChI is InChI=1S/C16H18N4O/c1-4-12(11-17-7-1)10-14-19-13-5-2-8-18-16(13)20(14)15-6-3-9-21-15/h2-3,5-6,8-9,12,17H,1,4,7,10-11H2. The zero-order valence-corrected chi connectivity index (χ0v) is 11.8. The molecule has 4 rings (SSSR count). The van der Waals surface area contributed by atoms with Gasteiger partial charge in [0.05, 0.1) is 6.26 Å². The summed E-state index contributed by atoms with van der Waals surface area (Å²) in [4.78, 5) is 9.25. The van der Waals surface area contributed by atoms with E-state index < -0.39 is 0 Å². The van der Waals surface area contributed by atoms with Crippen molar-refractivity contribution in [3.63, 3.8) is 0 Å². The van der Waals surface area contributed by atoms with Gasteiger partial charge in [0.1, 0.15) is 11.3 Å². The van der Waals surface area contributed by atoms with E-state index in [-0.39, 0.29) is 0 Å². The molecular formula is C16H18N4O. The lowest BCUT2D eigenvalue weighted by Gasteiger charge is -2.22. The van der Waals surface area contributed by atoms with Crippen LogP contribution in [0.25, 0.3) is 17.0 Å². The van der Waals surface area contributed by atoms with E-state index in [1.165, 1.54) is 12.8 Å². The van der Waals surface area contributed by atoms with Crippen LogP contribution in [-0.2, 0) is 6.42 Å². The highest BCUT2D eigenvalue weighted by molar-refractivity contribution is 5.73. The molecule has 3 aromatic heterocycles. The van der Waals surface area contributed by atoms with E-state index >= 15 is 0 Å². The molecule has 0 aromatic carbocycles. The van der Waals surface area contributed by atoms with Crippen molar-refractivity contribution in [3.05, 3.63) is 42.5 Å². The van der Waals surface area contributed by atoms with Gasteiger partial charge in [0.15, 0.2) is 5.65 Å². The van der Waals surface area contributed by atoms with Gasteiger partial charge < -0.3 is 9.73 Å². The normalized spacial score (nSPS) is 19.1. The van der Waals surface area contributed by atoms with Crippen LogP contribution in [0.5, 0.6) is 0 Å². The second kappa shape index (κ2) is 5.33. The van der Waals surface area contributed by atoms with Crippen LogP contribution in [0.15, 0.2) is 41.1 Å². The second-order valence-electron chi connectivity index (χ2n) is 5.58. The molecule has 1 N–H and O–H groups in total. The summed E-state index contributed by atoms with van der Waals surface area (Å²) in [5.41, 5.74) is 1.79. The van der Waals surface area contributed by atoms with Crippen LogP contribution in [0, 0.1) is 5.92 Å². The number of aromatic nitrogens is 3. The number of fused-ring (bicyclic) bond motifs is 1. The molecule has 1 unspecified atom stereocenters. The summed E-state index contributed by atoms with van der Waals surface area (Å²) in [6.07, 6.45) is 6.93. The number of rotatable bonds is 3. The van der Waals surface area contributed by atoms with Gasteiger partial charge in [-0.05, 0) is 50.0 Å². The number of hydrogen-bond acceptors (Lipinski definition) is 4. The highest BCUT2D eigenvalue weighted by Gasteiger charge is 2.20. The molecule has 1 aliphatic rings. The number of piperidine rings is 1. The summed E-state index contributed by atoms with van der Waals surface area (Å²) >= 11 is 0. The van der Waals surface area contributed by atoms with Gasteiger partial charge in [-0.2, -0.15) is 0 Å². The molecular weight excluding hydrogens is 264 g/mol. The fraction of sp³-hybridized carbons (Fsp3) is 0.375. The first-order chi connectivity index (χ1) is 10.4. The van der Waals surface area contributed by atoms with E-state index in [2.05, 4.69) is 10.3 Å². The molecule has 5 heteroatoms. The van der Waals surface area contributed by atoms with Crippen molar-refractivity contribution in [3.8, 4) is 5.88 Å². The first-order valence-corrected chi connectivity index (χ1v) is 7.49. The van der Waals surface area contributed by atoms with Gasteiger partial charge in [0, 0.05) is 18.7 Å². The minimum Gasteiger partial charge on any atom is -0.448 e. The van der Waals surface area contributed by atoms with Gasteiger partial charge in [-0.1, -0.05) is 0 Å². The van der Waals surface area contributed by atoms with Crippen LogP contribution in [0.4, 0.5) is 0 Å². The number of hydrogen-bond donors (Lipinski definition) is 1. The molecule has 108 valence electrons. The molecule has 1 saturated heterocycles. The van der Waals surface area contributed by atoms with Crippen molar-refractivity contribution in [1.82, 2.24) is 19.9 Å². The summed E-state index contributed by atoms with van der Waals surface area (Å²) < 4.78 is 7.63. The second-order valence-corrected chi connectivity index (χ2v) is 5.58. The summed E-state index contributed by atoms with van der Waals surface area (Å²) in [5, 5.41) is 3.47. The molecule has 1 atom stereocenters. The molecule has 0 bridgehead atoms. The number of furan rings is 1. The van der Waals surface area contributed by atoms with Gasteiger partial charge >= 0.3 is 0 Å². The summed E-state index contributed by atoms with van der Waals surface area (Å²) in [6.45, 7) is 2.20. The third kappa shape index (κ3) is 2.34. The molecule has 4 heterocycles. The zero-order valence-electron chi connectivity index (χ0n) is 11.8. The largest absolute Gasteiger partial charge is 0.448 e. The highest BCUT2D eigenvalue weighted by Crippen LogP contribution is 2.23. The Hall–Kier alpha value is -2.14. The first-order valence-electron chi connectivity index (χ1n) is 7.49. The van der Waals surface area contributed by atoms with Crippen LogP contribution in [-0.4, -0.2) is 27.6 Å². The lowest BCUT2D eigenvalue weighted by Crippen LogP contribution is -2.31. The monoisotopic (exact) mass is 282 g/mol. The van der Waals surface area contributed by atoms with Crippen LogP contribution in [0.2, 0.25) is 0 Å². The Morgan fingerprint density at radius 3 is 3.14 bits per heavy atom. The van der Waals surface area contributed by atoms with Crippen molar-refractivity contribution >= 4 is 11.2 Å². The minimum atomic E-state index is 0.629. The van der Waals surface area contributed by atoms with Crippen LogP contribution in [0.1, 0.15) is 18.7 Å². The lowest BCUT2D eigenvalue weighted by atomic mass is 9.96. The Balaban J connectivity index is 1.78. The van der Waals surface area contributed by atoms with Crippen molar-refractivity contribution in [2.75, 3.05) is 13.1 Å². The molecule has 0 aliphatic carbocycles. The lowest BCUT2D eigenvalue weighted by molar-refractivity contribution is 0.368. The van der Waals surface area contributed by atoms with Crippen molar-refractivity contribution in [1.29, 1.82) is 0 Å². The summed E-state index contributed by atoms with van der Waals surface area (Å²) in [6, 6.07) is 7.78. The molecule has 1 aliphatic heterocycles. The maximum absolute atomic E-state index is 5.58.